The zero-order valence-electron chi connectivity index (χ0n) is 19.3. The van der Waals surface area contributed by atoms with Gasteiger partial charge in [-0.2, -0.15) is 0 Å². The second-order valence-corrected chi connectivity index (χ2v) is 10.6. The molecule has 0 unspecified atom stereocenters. The van der Waals surface area contributed by atoms with Crippen LogP contribution in [0.2, 0.25) is 0 Å². The van der Waals surface area contributed by atoms with Gasteiger partial charge in [0.05, 0.1) is 11.2 Å². The predicted molar refractivity (Wildman–Crippen MR) is 143 cm³/mol. The van der Waals surface area contributed by atoms with Gasteiger partial charge >= 0.3 is 0 Å². The van der Waals surface area contributed by atoms with Crippen molar-refractivity contribution in [1.29, 1.82) is 0 Å². The number of benzene rings is 2. The summed E-state index contributed by atoms with van der Waals surface area (Å²) in [6.07, 6.45) is 6.09. The van der Waals surface area contributed by atoms with Gasteiger partial charge < -0.3 is 5.73 Å². The molecule has 2 fully saturated rings. The van der Waals surface area contributed by atoms with Crippen LogP contribution in [0.25, 0.3) is 38.9 Å². The van der Waals surface area contributed by atoms with Crippen molar-refractivity contribution >= 4 is 34.0 Å². The van der Waals surface area contributed by atoms with E-state index in [4.69, 9.17) is 15.7 Å². The van der Waals surface area contributed by atoms with Gasteiger partial charge in [-0.05, 0) is 25.0 Å². The van der Waals surface area contributed by atoms with E-state index in [-0.39, 0.29) is 0 Å². The van der Waals surface area contributed by atoms with Gasteiger partial charge in [0.25, 0.3) is 0 Å². The number of anilines is 1. The van der Waals surface area contributed by atoms with E-state index in [2.05, 4.69) is 56.7 Å². The topological polar surface area (TPSA) is 72.3 Å². The molecular formula is C28H26N6S. The lowest BCUT2D eigenvalue weighted by Gasteiger charge is -2.40. The summed E-state index contributed by atoms with van der Waals surface area (Å²) in [4.78, 5) is 17.2. The summed E-state index contributed by atoms with van der Waals surface area (Å²) in [6.45, 7) is 1.21. The summed E-state index contributed by atoms with van der Waals surface area (Å²) in [5.74, 6) is 4.47. The van der Waals surface area contributed by atoms with E-state index in [1.54, 1.807) is 6.20 Å². The van der Waals surface area contributed by atoms with E-state index in [0.29, 0.717) is 17.8 Å². The standard InChI is InChI=1S/C28H26N6S/c29-27-26-25(20-7-6-19-8-9-23(31-24(19)16-20)18-4-2-1-3-5-18)32-28(34(26)11-10-30-27)21-14-22(15-21)33-12-13-35-17-33/h1-11,16,21-22H,12-15,17H2,(H2,29,30)/t21-,22+. The maximum atomic E-state index is 6.41. The van der Waals surface area contributed by atoms with E-state index in [1.807, 2.05) is 36.2 Å². The average Bonchev–Trinajstić information content (AvgIpc) is 3.53. The van der Waals surface area contributed by atoms with Crippen molar-refractivity contribution in [2.75, 3.05) is 23.9 Å². The minimum atomic E-state index is 0.442. The molecule has 3 aromatic heterocycles. The van der Waals surface area contributed by atoms with Crippen molar-refractivity contribution in [1.82, 2.24) is 24.3 Å². The van der Waals surface area contributed by atoms with Crippen molar-refractivity contribution in [3.05, 3.63) is 78.9 Å². The Morgan fingerprint density at radius 1 is 0.943 bits per heavy atom. The normalized spacial score (nSPS) is 20.5. The highest BCUT2D eigenvalue weighted by Crippen LogP contribution is 2.43. The number of aromatic nitrogens is 4. The van der Waals surface area contributed by atoms with Gasteiger partial charge in [-0.3, -0.25) is 9.30 Å². The van der Waals surface area contributed by atoms with Crippen LogP contribution in [-0.2, 0) is 0 Å². The third-order valence-electron chi connectivity index (χ3n) is 7.42. The van der Waals surface area contributed by atoms with E-state index in [0.717, 1.165) is 63.5 Å². The van der Waals surface area contributed by atoms with Gasteiger partial charge in [0.15, 0.2) is 0 Å². The Morgan fingerprint density at radius 3 is 2.63 bits per heavy atom. The molecule has 1 saturated heterocycles. The Balaban J connectivity index is 1.29. The van der Waals surface area contributed by atoms with Crippen molar-refractivity contribution in [2.45, 2.75) is 24.8 Å². The fourth-order valence-electron chi connectivity index (χ4n) is 5.42. The number of pyridine rings is 1. The molecule has 2 aromatic carbocycles. The molecule has 0 bridgehead atoms. The summed E-state index contributed by atoms with van der Waals surface area (Å²) in [6, 6.07) is 21.5. The van der Waals surface area contributed by atoms with Gasteiger partial charge in [-0.25, -0.2) is 15.0 Å². The molecule has 2 N–H and O–H groups in total. The molecule has 0 atom stereocenters. The Hall–Kier alpha value is -3.42. The molecule has 7 heteroatoms. The molecule has 174 valence electrons. The molecule has 0 amide bonds. The number of hydrogen-bond donors (Lipinski definition) is 1. The summed E-state index contributed by atoms with van der Waals surface area (Å²) in [5.41, 5.74) is 12.2. The average molecular weight is 479 g/mol. The lowest BCUT2D eigenvalue weighted by molar-refractivity contribution is 0.140. The Morgan fingerprint density at radius 2 is 1.80 bits per heavy atom. The molecule has 6 nitrogen and oxygen atoms in total. The zero-order chi connectivity index (χ0) is 23.4. The van der Waals surface area contributed by atoms with Crippen LogP contribution in [0.1, 0.15) is 24.6 Å². The molecule has 1 aliphatic heterocycles. The smallest absolute Gasteiger partial charge is 0.150 e. The first kappa shape index (κ1) is 20.9. The molecule has 1 saturated carbocycles. The first-order valence-electron chi connectivity index (χ1n) is 12.2. The third kappa shape index (κ3) is 3.58. The number of nitrogens with two attached hydrogens (primary N) is 1. The molecule has 1 aliphatic carbocycles. The van der Waals surface area contributed by atoms with Crippen LogP contribution >= 0.6 is 11.8 Å². The fraction of sp³-hybridized carbons (Fsp3) is 0.250. The summed E-state index contributed by atoms with van der Waals surface area (Å²) in [7, 11) is 0. The number of nitrogen functional groups attached to an aromatic ring is 1. The van der Waals surface area contributed by atoms with Gasteiger partial charge in [-0.1, -0.05) is 48.5 Å². The number of rotatable bonds is 4. The lowest BCUT2D eigenvalue weighted by atomic mass is 9.79. The second-order valence-electron chi connectivity index (χ2n) is 9.49. The van der Waals surface area contributed by atoms with E-state index in [1.165, 1.54) is 12.3 Å². The van der Waals surface area contributed by atoms with E-state index in [9.17, 15) is 0 Å². The van der Waals surface area contributed by atoms with Crippen LogP contribution in [-0.4, -0.2) is 48.5 Å². The number of nitrogens with zero attached hydrogens (tertiary/aromatic N) is 5. The van der Waals surface area contributed by atoms with E-state index < -0.39 is 0 Å². The molecule has 35 heavy (non-hydrogen) atoms. The van der Waals surface area contributed by atoms with Crippen LogP contribution in [0.5, 0.6) is 0 Å². The Kier molecular flexibility index (Phi) is 4.99. The van der Waals surface area contributed by atoms with E-state index >= 15 is 0 Å². The number of hydrogen-bond acceptors (Lipinski definition) is 6. The quantitative estimate of drug-likeness (QED) is 0.371. The van der Waals surface area contributed by atoms with Crippen molar-refractivity contribution in [3.8, 4) is 22.5 Å². The van der Waals surface area contributed by atoms with Gasteiger partial charge in [0, 0.05) is 59.0 Å². The molecule has 2 aliphatic rings. The Bertz CT molecular complexity index is 1530. The number of thioether (sulfide) groups is 1. The third-order valence-corrected chi connectivity index (χ3v) is 8.41. The van der Waals surface area contributed by atoms with Crippen LogP contribution in [0, 0.1) is 0 Å². The minimum absolute atomic E-state index is 0.442. The zero-order valence-corrected chi connectivity index (χ0v) is 20.2. The minimum Gasteiger partial charge on any atom is -0.382 e. The maximum absolute atomic E-state index is 6.41. The maximum Gasteiger partial charge on any atom is 0.150 e. The predicted octanol–water partition coefficient (Wildman–Crippen LogP) is 5.45. The van der Waals surface area contributed by atoms with Crippen molar-refractivity contribution in [2.24, 2.45) is 0 Å². The first-order valence-corrected chi connectivity index (χ1v) is 13.3. The molecule has 7 rings (SSSR count). The van der Waals surface area contributed by atoms with Gasteiger partial charge in [-0.15, -0.1) is 11.8 Å². The van der Waals surface area contributed by atoms with Gasteiger partial charge in [0.1, 0.15) is 22.9 Å². The van der Waals surface area contributed by atoms with Crippen LogP contribution < -0.4 is 5.73 Å². The van der Waals surface area contributed by atoms with Crippen molar-refractivity contribution < 1.29 is 0 Å². The number of imidazole rings is 1. The lowest BCUT2D eigenvalue weighted by Crippen LogP contribution is -2.42. The van der Waals surface area contributed by atoms with Crippen LogP contribution in [0.3, 0.4) is 0 Å². The first-order chi connectivity index (χ1) is 17.2. The summed E-state index contributed by atoms with van der Waals surface area (Å²) >= 11 is 2.04. The fourth-order valence-corrected chi connectivity index (χ4v) is 6.49. The highest BCUT2D eigenvalue weighted by Gasteiger charge is 2.38. The van der Waals surface area contributed by atoms with Gasteiger partial charge in [0.2, 0.25) is 0 Å². The largest absolute Gasteiger partial charge is 0.382 e. The highest BCUT2D eigenvalue weighted by molar-refractivity contribution is 7.99. The number of fused-ring (bicyclic) bond motifs is 2. The monoisotopic (exact) mass is 478 g/mol. The van der Waals surface area contributed by atoms with Crippen LogP contribution in [0.15, 0.2) is 73.1 Å². The molecule has 0 radical (unpaired) electrons. The molecule has 0 spiro atoms. The summed E-state index contributed by atoms with van der Waals surface area (Å²) in [5, 5.41) is 1.11. The Labute approximate surface area is 208 Å². The van der Waals surface area contributed by atoms with Crippen LogP contribution in [0.4, 0.5) is 5.82 Å². The summed E-state index contributed by atoms with van der Waals surface area (Å²) < 4.78 is 2.16. The molecule has 4 heterocycles. The molecule has 5 aromatic rings. The van der Waals surface area contributed by atoms with Crippen molar-refractivity contribution in [3.63, 3.8) is 0 Å². The highest BCUT2D eigenvalue weighted by atomic mass is 32.2. The second kappa shape index (κ2) is 8.36. The SMILES string of the molecule is Nc1nccn2c1c(-c1ccc3ccc(-c4ccccc4)nc3c1)nc2[C@H]1C[C@@H](N2CCSC2)C1. The molecular weight excluding hydrogens is 452 g/mol.